The van der Waals surface area contributed by atoms with Gasteiger partial charge in [-0.05, 0) is 56.2 Å². The van der Waals surface area contributed by atoms with E-state index in [1.807, 2.05) is 32.9 Å². The van der Waals surface area contributed by atoms with Gasteiger partial charge in [0.15, 0.2) is 18.1 Å². The highest BCUT2D eigenvalue weighted by Crippen LogP contribution is 2.28. The van der Waals surface area contributed by atoms with Crippen LogP contribution < -0.4 is 20.1 Å². The van der Waals surface area contributed by atoms with Crippen molar-refractivity contribution >= 4 is 23.5 Å². The third-order valence-electron chi connectivity index (χ3n) is 4.36. The number of carbonyl (C=O) groups excluding carboxylic acids is 3. The minimum Gasteiger partial charge on any atom is -0.493 e. The van der Waals surface area contributed by atoms with Gasteiger partial charge in [-0.1, -0.05) is 12.1 Å². The van der Waals surface area contributed by atoms with Crippen LogP contribution in [0.1, 0.15) is 28.4 Å². The van der Waals surface area contributed by atoms with E-state index in [4.69, 9.17) is 14.2 Å². The van der Waals surface area contributed by atoms with Gasteiger partial charge in [-0.3, -0.25) is 9.59 Å². The summed E-state index contributed by atoms with van der Waals surface area (Å²) in [6.45, 7) is 5.39. The molecule has 0 bridgehead atoms. The first-order valence-electron chi connectivity index (χ1n) is 9.46. The van der Waals surface area contributed by atoms with E-state index in [1.54, 1.807) is 12.1 Å². The molecule has 0 spiro atoms. The fourth-order valence-corrected chi connectivity index (χ4v) is 2.59. The number of carbonyl (C=O) groups is 3. The largest absolute Gasteiger partial charge is 0.493 e. The van der Waals surface area contributed by atoms with Crippen LogP contribution in [0.25, 0.3) is 0 Å². The van der Waals surface area contributed by atoms with Gasteiger partial charge in [0.1, 0.15) is 0 Å². The molecule has 160 valence electrons. The molecule has 2 N–H and O–H groups in total. The Labute approximate surface area is 175 Å². The second-order valence-electron chi connectivity index (χ2n) is 6.45. The maximum atomic E-state index is 12.2. The summed E-state index contributed by atoms with van der Waals surface area (Å²) in [6, 6.07) is 10.2. The Hall–Kier alpha value is -3.55. The average Bonchev–Trinajstić information content (AvgIpc) is 2.74. The van der Waals surface area contributed by atoms with Crippen LogP contribution in [0.5, 0.6) is 11.5 Å². The summed E-state index contributed by atoms with van der Waals surface area (Å²) in [4.78, 5) is 36.1. The van der Waals surface area contributed by atoms with Gasteiger partial charge < -0.3 is 24.8 Å². The topological polar surface area (TPSA) is 103 Å². The van der Waals surface area contributed by atoms with Crippen LogP contribution in [0.4, 0.5) is 5.69 Å². The molecule has 0 fully saturated rings. The molecule has 0 unspecified atom stereocenters. The van der Waals surface area contributed by atoms with Gasteiger partial charge in [0, 0.05) is 5.69 Å². The Morgan fingerprint density at radius 1 is 1.00 bits per heavy atom. The van der Waals surface area contributed by atoms with Crippen LogP contribution in [-0.4, -0.2) is 44.7 Å². The third kappa shape index (κ3) is 6.23. The van der Waals surface area contributed by atoms with Gasteiger partial charge in [0.25, 0.3) is 5.91 Å². The molecule has 0 aromatic heterocycles. The lowest BCUT2D eigenvalue weighted by Crippen LogP contribution is -2.35. The van der Waals surface area contributed by atoms with Crippen LogP contribution in [0.15, 0.2) is 36.4 Å². The van der Waals surface area contributed by atoms with Gasteiger partial charge in [0.2, 0.25) is 5.91 Å². The minimum absolute atomic E-state index is 0.218. The van der Waals surface area contributed by atoms with Gasteiger partial charge in [-0.2, -0.15) is 0 Å². The minimum atomic E-state index is -0.689. The molecule has 8 heteroatoms. The second kappa shape index (κ2) is 10.8. The summed E-state index contributed by atoms with van der Waals surface area (Å²) in [5.74, 6) is -0.758. The molecule has 8 nitrogen and oxygen atoms in total. The third-order valence-corrected chi connectivity index (χ3v) is 4.36. The molecule has 2 rings (SSSR count). The van der Waals surface area contributed by atoms with Crippen molar-refractivity contribution in [3.63, 3.8) is 0 Å². The Balaban J connectivity index is 1.82. The predicted octanol–water partition coefficient (Wildman–Crippen LogP) is 2.62. The van der Waals surface area contributed by atoms with Crippen molar-refractivity contribution in [2.75, 3.05) is 32.2 Å². The number of hydrogen-bond donors (Lipinski definition) is 2. The molecule has 0 atom stereocenters. The maximum Gasteiger partial charge on any atom is 0.338 e. The normalized spacial score (nSPS) is 10.1. The van der Waals surface area contributed by atoms with Crippen molar-refractivity contribution in [1.82, 2.24) is 5.32 Å². The highest BCUT2D eigenvalue weighted by molar-refractivity contribution is 5.96. The van der Waals surface area contributed by atoms with Gasteiger partial charge >= 0.3 is 5.97 Å². The summed E-state index contributed by atoms with van der Waals surface area (Å²) in [5, 5.41) is 5.16. The smallest absolute Gasteiger partial charge is 0.338 e. The van der Waals surface area contributed by atoms with Crippen LogP contribution in [0.3, 0.4) is 0 Å². The SMILES string of the molecule is CCOc1ccc(C(=O)OCC(=O)NCC(=O)Nc2cccc(C)c2C)cc1OC. The average molecular weight is 414 g/mol. The number of methoxy groups -OCH3 is 1. The lowest BCUT2D eigenvalue weighted by molar-refractivity contribution is -0.126. The molecule has 0 aliphatic heterocycles. The maximum absolute atomic E-state index is 12.2. The van der Waals surface area contributed by atoms with E-state index in [1.165, 1.54) is 19.2 Å². The highest BCUT2D eigenvalue weighted by atomic mass is 16.5. The van der Waals surface area contributed by atoms with E-state index in [9.17, 15) is 14.4 Å². The van der Waals surface area contributed by atoms with Crippen molar-refractivity contribution in [2.45, 2.75) is 20.8 Å². The molecule has 2 aromatic rings. The summed E-state index contributed by atoms with van der Waals surface area (Å²) >= 11 is 0. The quantitative estimate of drug-likeness (QED) is 0.612. The summed E-state index contributed by atoms with van der Waals surface area (Å²) in [6.07, 6.45) is 0. The lowest BCUT2D eigenvalue weighted by Gasteiger charge is -2.12. The highest BCUT2D eigenvalue weighted by Gasteiger charge is 2.14. The monoisotopic (exact) mass is 414 g/mol. The van der Waals surface area contributed by atoms with E-state index in [0.29, 0.717) is 23.8 Å². The van der Waals surface area contributed by atoms with E-state index >= 15 is 0 Å². The molecule has 0 saturated heterocycles. The first kappa shape index (κ1) is 22.7. The lowest BCUT2D eigenvalue weighted by atomic mass is 10.1. The number of anilines is 1. The molecule has 2 amide bonds. The predicted molar refractivity (Wildman–Crippen MR) is 112 cm³/mol. The van der Waals surface area contributed by atoms with E-state index < -0.39 is 18.5 Å². The molecule has 2 aromatic carbocycles. The Morgan fingerprint density at radius 3 is 2.47 bits per heavy atom. The molecular weight excluding hydrogens is 388 g/mol. The summed E-state index contributed by atoms with van der Waals surface area (Å²) in [5.41, 5.74) is 2.91. The molecule has 0 radical (unpaired) electrons. The van der Waals surface area contributed by atoms with E-state index in [0.717, 1.165) is 11.1 Å². The van der Waals surface area contributed by atoms with Crippen LogP contribution in [-0.2, 0) is 14.3 Å². The van der Waals surface area contributed by atoms with Gasteiger partial charge in [-0.25, -0.2) is 4.79 Å². The first-order valence-corrected chi connectivity index (χ1v) is 9.46. The van der Waals surface area contributed by atoms with Crippen molar-refractivity contribution < 1.29 is 28.6 Å². The van der Waals surface area contributed by atoms with Crippen molar-refractivity contribution in [1.29, 1.82) is 0 Å². The fraction of sp³-hybridized carbons (Fsp3) is 0.318. The molecule has 0 heterocycles. The van der Waals surface area contributed by atoms with Gasteiger partial charge in [-0.15, -0.1) is 0 Å². The molecule has 0 aliphatic carbocycles. The molecule has 30 heavy (non-hydrogen) atoms. The molecule has 0 saturated carbocycles. The van der Waals surface area contributed by atoms with Gasteiger partial charge in [0.05, 0.1) is 25.8 Å². The zero-order valence-corrected chi connectivity index (χ0v) is 17.5. The number of benzene rings is 2. The van der Waals surface area contributed by atoms with Crippen LogP contribution in [0.2, 0.25) is 0 Å². The Kier molecular flexibility index (Phi) is 8.22. The fourth-order valence-electron chi connectivity index (χ4n) is 2.59. The van der Waals surface area contributed by atoms with Crippen LogP contribution in [0, 0.1) is 13.8 Å². The number of nitrogens with one attached hydrogen (secondary N) is 2. The number of rotatable bonds is 9. The second-order valence-corrected chi connectivity index (χ2v) is 6.45. The van der Waals surface area contributed by atoms with E-state index in [2.05, 4.69) is 10.6 Å². The zero-order valence-electron chi connectivity index (χ0n) is 17.5. The summed E-state index contributed by atoms with van der Waals surface area (Å²) in [7, 11) is 1.46. The summed E-state index contributed by atoms with van der Waals surface area (Å²) < 4.78 is 15.6. The number of aryl methyl sites for hydroxylation is 1. The Bertz CT molecular complexity index is 926. The van der Waals surface area contributed by atoms with E-state index in [-0.39, 0.29) is 18.0 Å². The van der Waals surface area contributed by atoms with Crippen molar-refractivity contribution in [3.05, 3.63) is 53.1 Å². The van der Waals surface area contributed by atoms with Crippen molar-refractivity contribution in [3.8, 4) is 11.5 Å². The first-order chi connectivity index (χ1) is 14.3. The Morgan fingerprint density at radius 2 is 1.77 bits per heavy atom. The zero-order chi connectivity index (χ0) is 22.1. The standard InChI is InChI=1S/C22H26N2O6/c1-5-29-18-10-9-16(11-19(18)28-4)22(27)30-13-21(26)23-12-20(25)24-17-8-6-7-14(2)15(17)3/h6-11H,5,12-13H2,1-4H3,(H,23,26)(H,24,25). The molecule has 0 aliphatic rings. The number of esters is 1. The number of amides is 2. The number of ether oxygens (including phenoxy) is 3. The van der Waals surface area contributed by atoms with Crippen LogP contribution >= 0.6 is 0 Å². The van der Waals surface area contributed by atoms with Crippen molar-refractivity contribution in [2.24, 2.45) is 0 Å². The molecular formula is C22H26N2O6. The number of hydrogen-bond acceptors (Lipinski definition) is 6.